The first-order valence-electron chi connectivity index (χ1n) is 4.54. The first kappa shape index (κ1) is 9.46. The highest BCUT2D eigenvalue weighted by Gasteiger charge is 2.30. The highest BCUT2D eigenvalue weighted by atomic mass is 32.2. The summed E-state index contributed by atoms with van der Waals surface area (Å²) in [7, 11) is 0. The van der Waals surface area contributed by atoms with Crippen LogP contribution in [0.3, 0.4) is 0 Å². The summed E-state index contributed by atoms with van der Waals surface area (Å²) in [4.78, 5) is 1.01. The van der Waals surface area contributed by atoms with Crippen LogP contribution in [0.15, 0.2) is 41.0 Å². The second-order valence-electron chi connectivity index (χ2n) is 3.62. The summed E-state index contributed by atoms with van der Waals surface area (Å²) in [5, 5.41) is 12.6. The molecule has 2 rings (SSSR count). The lowest BCUT2D eigenvalue weighted by molar-refractivity contribution is 0.410. The molecule has 0 aromatic heterocycles. The average molecular weight is 207 g/mol. The van der Waals surface area contributed by atoms with Crippen molar-refractivity contribution in [3.05, 3.63) is 36.1 Å². The van der Waals surface area contributed by atoms with Gasteiger partial charge in [-0.25, -0.2) is 0 Å². The summed E-state index contributed by atoms with van der Waals surface area (Å²) >= 11 is 1.72. The van der Waals surface area contributed by atoms with Crippen molar-refractivity contribution in [1.29, 1.82) is 0 Å². The molecule has 3 heteroatoms. The molecule has 0 aliphatic carbocycles. The van der Waals surface area contributed by atoms with Crippen molar-refractivity contribution in [3.8, 4) is 0 Å². The molecule has 0 radical (unpaired) electrons. The van der Waals surface area contributed by atoms with E-state index in [0.717, 1.165) is 5.69 Å². The molecule has 1 aliphatic heterocycles. The molecule has 0 amide bonds. The van der Waals surface area contributed by atoms with E-state index in [1.807, 2.05) is 24.3 Å². The smallest absolute Gasteiger partial charge is 0.107 e. The number of allylic oxidation sites excluding steroid dienone is 1. The Balaban J connectivity index is 2.30. The predicted octanol–water partition coefficient (Wildman–Crippen LogP) is 3.38. The van der Waals surface area contributed by atoms with Crippen molar-refractivity contribution >= 4 is 17.4 Å². The number of fused-ring (bicyclic) bond motifs is 1. The summed E-state index contributed by atoms with van der Waals surface area (Å²) < 4.78 is 0. The lowest BCUT2D eigenvalue weighted by Gasteiger charge is -2.19. The molecule has 1 atom stereocenters. The van der Waals surface area contributed by atoms with E-state index in [4.69, 9.17) is 0 Å². The Bertz CT molecular complexity index is 358. The van der Waals surface area contributed by atoms with E-state index in [0.29, 0.717) is 5.76 Å². The number of aliphatic hydroxyl groups excluding tert-OH is 1. The van der Waals surface area contributed by atoms with E-state index in [1.165, 1.54) is 4.90 Å². The first-order chi connectivity index (χ1) is 6.59. The number of para-hydroxylation sites is 1. The molecule has 0 fully saturated rings. The fourth-order valence-electron chi connectivity index (χ4n) is 1.64. The van der Waals surface area contributed by atoms with Crippen molar-refractivity contribution in [1.82, 2.24) is 0 Å². The maximum absolute atomic E-state index is 9.26. The lowest BCUT2D eigenvalue weighted by Crippen LogP contribution is -2.23. The number of hydrogen-bond donors (Lipinski definition) is 2. The molecule has 1 aromatic carbocycles. The van der Waals surface area contributed by atoms with Gasteiger partial charge in [0.15, 0.2) is 0 Å². The van der Waals surface area contributed by atoms with Crippen LogP contribution < -0.4 is 5.32 Å². The molecule has 2 nitrogen and oxygen atoms in total. The van der Waals surface area contributed by atoms with Crippen molar-refractivity contribution in [3.63, 3.8) is 0 Å². The summed E-state index contributed by atoms with van der Waals surface area (Å²) in [6.45, 7) is 3.74. The summed E-state index contributed by atoms with van der Waals surface area (Å²) in [6.07, 6.45) is 1.83. The van der Waals surface area contributed by atoms with E-state index in [1.54, 1.807) is 18.7 Å². The average Bonchev–Trinajstić information content (AvgIpc) is 2.38. The highest BCUT2D eigenvalue weighted by Crippen LogP contribution is 2.45. The van der Waals surface area contributed by atoms with Crippen molar-refractivity contribution in [2.24, 2.45) is 0 Å². The van der Waals surface area contributed by atoms with Gasteiger partial charge in [-0.1, -0.05) is 23.9 Å². The minimum atomic E-state index is -0.220. The number of aliphatic hydroxyl groups is 1. The Morgan fingerprint density at radius 3 is 2.86 bits per heavy atom. The van der Waals surface area contributed by atoms with Gasteiger partial charge in [0.1, 0.15) is 4.87 Å². The molecule has 0 spiro atoms. The maximum atomic E-state index is 9.26. The Labute approximate surface area is 88.0 Å². The van der Waals surface area contributed by atoms with E-state index in [9.17, 15) is 5.11 Å². The third-order valence-corrected chi connectivity index (χ3v) is 3.30. The van der Waals surface area contributed by atoms with Gasteiger partial charge in [0, 0.05) is 10.6 Å². The fraction of sp³-hybridized carbons (Fsp3) is 0.273. The molecular weight excluding hydrogens is 194 g/mol. The number of hydrogen-bond acceptors (Lipinski definition) is 3. The number of rotatable bonds is 1. The number of thioether (sulfide) groups is 1. The molecule has 1 heterocycles. The monoisotopic (exact) mass is 207 g/mol. The normalized spacial score (nSPS) is 25.7. The predicted molar refractivity (Wildman–Crippen MR) is 60.7 cm³/mol. The molecule has 1 aromatic rings. The Morgan fingerprint density at radius 1 is 1.50 bits per heavy atom. The SMILES string of the molecule is C/C(O)=C/C1(C)Nc2ccccc2S1. The summed E-state index contributed by atoms with van der Waals surface area (Å²) in [6, 6.07) is 8.16. The van der Waals surface area contributed by atoms with E-state index < -0.39 is 0 Å². The van der Waals surface area contributed by atoms with Crippen LogP contribution in [-0.2, 0) is 0 Å². The van der Waals surface area contributed by atoms with Crippen LogP contribution >= 0.6 is 11.8 Å². The van der Waals surface area contributed by atoms with Gasteiger partial charge in [-0.05, 0) is 32.1 Å². The van der Waals surface area contributed by atoms with E-state index in [-0.39, 0.29) is 4.87 Å². The Morgan fingerprint density at radius 2 is 2.21 bits per heavy atom. The van der Waals surface area contributed by atoms with Crippen LogP contribution in [-0.4, -0.2) is 9.98 Å². The lowest BCUT2D eigenvalue weighted by atomic mass is 10.2. The number of anilines is 1. The van der Waals surface area contributed by atoms with Gasteiger partial charge >= 0.3 is 0 Å². The van der Waals surface area contributed by atoms with Gasteiger partial charge in [-0.2, -0.15) is 0 Å². The number of nitrogens with one attached hydrogen (secondary N) is 1. The highest BCUT2D eigenvalue weighted by molar-refractivity contribution is 8.01. The largest absolute Gasteiger partial charge is 0.513 e. The topological polar surface area (TPSA) is 32.3 Å². The minimum absolute atomic E-state index is 0.220. The standard InChI is InChI=1S/C11H13NOS/c1-8(13)7-11(2)12-9-5-3-4-6-10(9)14-11/h3-7,12-13H,1-2H3/b8-7-. The molecule has 0 saturated heterocycles. The van der Waals surface area contributed by atoms with Gasteiger partial charge in [-0.3, -0.25) is 0 Å². The molecule has 1 aliphatic rings. The Hall–Kier alpha value is -1.09. The summed E-state index contributed by atoms with van der Waals surface area (Å²) in [5.74, 6) is 0.348. The zero-order valence-electron chi connectivity index (χ0n) is 8.24. The van der Waals surface area contributed by atoms with Crippen LogP contribution in [0.25, 0.3) is 0 Å². The molecule has 1 unspecified atom stereocenters. The summed E-state index contributed by atoms with van der Waals surface area (Å²) in [5.41, 5.74) is 1.14. The molecule has 2 N–H and O–H groups in total. The Kier molecular flexibility index (Phi) is 2.19. The van der Waals surface area contributed by atoms with Crippen molar-refractivity contribution < 1.29 is 5.11 Å². The molecule has 74 valence electrons. The zero-order valence-corrected chi connectivity index (χ0v) is 9.06. The third kappa shape index (κ3) is 1.73. The zero-order chi connectivity index (χ0) is 10.2. The van der Waals surface area contributed by atoms with Crippen LogP contribution in [0.5, 0.6) is 0 Å². The van der Waals surface area contributed by atoms with E-state index >= 15 is 0 Å². The van der Waals surface area contributed by atoms with Crippen LogP contribution in [0.2, 0.25) is 0 Å². The van der Waals surface area contributed by atoms with Gasteiger partial charge < -0.3 is 10.4 Å². The second-order valence-corrected chi connectivity index (χ2v) is 5.11. The maximum Gasteiger partial charge on any atom is 0.107 e. The van der Waals surface area contributed by atoms with E-state index in [2.05, 4.69) is 18.3 Å². The second kappa shape index (κ2) is 3.24. The van der Waals surface area contributed by atoms with Gasteiger partial charge in [0.25, 0.3) is 0 Å². The molecular formula is C11H13NOS. The molecule has 14 heavy (non-hydrogen) atoms. The van der Waals surface area contributed by atoms with Crippen LogP contribution in [0.1, 0.15) is 13.8 Å². The minimum Gasteiger partial charge on any atom is -0.513 e. The van der Waals surface area contributed by atoms with Gasteiger partial charge in [0.05, 0.1) is 5.76 Å². The van der Waals surface area contributed by atoms with Crippen LogP contribution in [0.4, 0.5) is 5.69 Å². The fourth-order valence-corrected chi connectivity index (χ4v) is 2.87. The number of benzene rings is 1. The third-order valence-electron chi connectivity index (χ3n) is 2.08. The van der Waals surface area contributed by atoms with Gasteiger partial charge in [0.2, 0.25) is 0 Å². The molecule has 0 bridgehead atoms. The van der Waals surface area contributed by atoms with Crippen LogP contribution in [0, 0.1) is 0 Å². The van der Waals surface area contributed by atoms with Crippen molar-refractivity contribution in [2.45, 2.75) is 23.6 Å². The molecule has 0 saturated carbocycles. The van der Waals surface area contributed by atoms with Gasteiger partial charge in [-0.15, -0.1) is 0 Å². The first-order valence-corrected chi connectivity index (χ1v) is 5.35. The quantitative estimate of drug-likeness (QED) is 0.692. The van der Waals surface area contributed by atoms with Crippen molar-refractivity contribution in [2.75, 3.05) is 5.32 Å².